The van der Waals surface area contributed by atoms with Gasteiger partial charge in [-0.25, -0.2) is 13.1 Å². The Morgan fingerprint density at radius 2 is 2.32 bits per heavy atom. The van der Waals surface area contributed by atoms with Gasteiger partial charge in [0.1, 0.15) is 17.3 Å². The molecule has 0 aromatic carbocycles. The lowest BCUT2D eigenvalue weighted by Crippen LogP contribution is -2.26. The van der Waals surface area contributed by atoms with Crippen LogP contribution in [0, 0.1) is 0 Å². The molecule has 2 heterocycles. The molecule has 0 aliphatic carbocycles. The van der Waals surface area contributed by atoms with Gasteiger partial charge in [0.25, 0.3) is 0 Å². The Bertz CT molecular complexity index is 648. The summed E-state index contributed by atoms with van der Waals surface area (Å²) < 4.78 is 32.1. The molecule has 0 aliphatic heterocycles. The summed E-state index contributed by atoms with van der Waals surface area (Å²) >= 11 is 4.54. The van der Waals surface area contributed by atoms with Crippen molar-refractivity contribution in [2.75, 3.05) is 0 Å². The van der Waals surface area contributed by atoms with E-state index in [4.69, 9.17) is 9.52 Å². The second-order valence-electron chi connectivity index (χ2n) is 3.91. The van der Waals surface area contributed by atoms with Crippen molar-refractivity contribution in [1.82, 2.24) is 4.72 Å². The highest BCUT2D eigenvalue weighted by Crippen LogP contribution is 2.27. The van der Waals surface area contributed by atoms with Crippen molar-refractivity contribution < 1.29 is 17.9 Å². The van der Waals surface area contributed by atoms with Crippen LogP contribution in [-0.2, 0) is 16.6 Å². The fraction of sp³-hybridized carbons (Fsp3) is 0.273. The minimum Gasteiger partial charge on any atom is -0.450 e. The average molecular weight is 366 g/mol. The normalized spacial score (nSPS) is 13.6. The number of rotatable bonds is 5. The van der Waals surface area contributed by atoms with Crippen LogP contribution in [0.3, 0.4) is 0 Å². The van der Waals surface area contributed by atoms with Crippen molar-refractivity contribution in [3.8, 4) is 0 Å². The Kier molecular flexibility index (Phi) is 4.46. The Labute approximate surface area is 123 Å². The standard InChI is InChI=1S/C11H12BrNO4S2/c1-7(8-2-3-18-6-8)13-19(15,16)10-4-9(5-14)17-11(10)12/h2-4,6-7,13-14H,5H2,1H3. The fourth-order valence-corrected chi connectivity index (χ4v) is 4.53. The van der Waals surface area contributed by atoms with Gasteiger partial charge in [0.05, 0.1) is 0 Å². The van der Waals surface area contributed by atoms with Crippen molar-refractivity contribution in [3.63, 3.8) is 0 Å². The number of halogens is 1. The largest absolute Gasteiger partial charge is 0.450 e. The SMILES string of the molecule is CC(NS(=O)(=O)c1cc(CO)oc1Br)c1ccsc1. The van der Waals surface area contributed by atoms with Gasteiger partial charge in [0, 0.05) is 12.1 Å². The molecule has 0 aliphatic rings. The average Bonchev–Trinajstić information content (AvgIpc) is 2.96. The number of nitrogens with one attached hydrogen (secondary N) is 1. The molecule has 0 saturated heterocycles. The summed E-state index contributed by atoms with van der Waals surface area (Å²) in [7, 11) is -3.70. The molecule has 0 radical (unpaired) electrons. The number of furan rings is 1. The van der Waals surface area contributed by atoms with Crippen molar-refractivity contribution >= 4 is 37.3 Å². The molecule has 0 bridgehead atoms. The fourth-order valence-electron chi connectivity index (χ4n) is 1.54. The van der Waals surface area contributed by atoms with E-state index < -0.39 is 10.0 Å². The highest BCUT2D eigenvalue weighted by atomic mass is 79.9. The minimum atomic E-state index is -3.70. The molecule has 1 atom stereocenters. The van der Waals surface area contributed by atoms with Gasteiger partial charge in [0.2, 0.25) is 10.0 Å². The second kappa shape index (κ2) is 5.76. The molecule has 1 unspecified atom stereocenters. The Balaban J connectivity index is 2.25. The number of hydrogen-bond donors (Lipinski definition) is 2. The molecule has 0 saturated carbocycles. The summed E-state index contributed by atoms with van der Waals surface area (Å²) in [5, 5.41) is 12.7. The molecule has 2 aromatic heterocycles. The van der Waals surface area contributed by atoms with Gasteiger partial charge < -0.3 is 9.52 Å². The maximum absolute atomic E-state index is 12.2. The van der Waals surface area contributed by atoms with Gasteiger partial charge in [-0.15, -0.1) is 0 Å². The molecule has 19 heavy (non-hydrogen) atoms. The van der Waals surface area contributed by atoms with E-state index >= 15 is 0 Å². The van der Waals surface area contributed by atoms with Crippen molar-refractivity contribution in [3.05, 3.63) is 38.9 Å². The Morgan fingerprint density at radius 1 is 1.58 bits per heavy atom. The van der Waals surface area contributed by atoms with Crippen LogP contribution in [0.25, 0.3) is 0 Å². The molecule has 0 fully saturated rings. The Morgan fingerprint density at radius 3 is 2.84 bits per heavy atom. The summed E-state index contributed by atoms with van der Waals surface area (Å²) in [4.78, 5) is -0.0152. The first-order chi connectivity index (χ1) is 8.94. The monoisotopic (exact) mass is 365 g/mol. The van der Waals surface area contributed by atoms with E-state index in [0.29, 0.717) is 0 Å². The molecule has 5 nitrogen and oxygen atoms in total. The van der Waals surface area contributed by atoms with E-state index in [0.717, 1.165) is 5.56 Å². The number of thiophene rings is 1. The first-order valence-electron chi connectivity index (χ1n) is 5.37. The van der Waals surface area contributed by atoms with Gasteiger partial charge in [-0.05, 0) is 45.2 Å². The van der Waals surface area contributed by atoms with Crippen LogP contribution in [-0.4, -0.2) is 13.5 Å². The first kappa shape index (κ1) is 14.7. The van der Waals surface area contributed by atoms with Crippen molar-refractivity contribution in [2.24, 2.45) is 0 Å². The summed E-state index contributed by atoms with van der Waals surface area (Å²) in [5.41, 5.74) is 0.899. The van der Waals surface area contributed by atoms with E-state index in [-0.39, 0.29) is 28.0 Å². The summed E-state index contributed by atoms with van der Waals surface area (Å²) in [6.07, 6.45) is 0. The quantitative estimate of drug-likeness (QED) is 0.853. The second-order valence-corrected chi connectivity index (χ2v) is 7.09. The van der Waals surface area contributed by atoms with Crippen molar-refractivity contribution in [1.29, 1.82) is 0 Å². The number of sulfonamides is 1. The highest BCUT2D eigenvalue weighted by molar-refractivity contribution is 9.10. The Hall–Kier alpha value is -0.670. The van der Waals surface area contributed by atoms with Gasteiger partial charge in [0.15, 0.2) is 4.67 Å². The lowest BCUT2D eigenvalue weighted by molar-refractivity contribution is 0.245. The summed E-state index contributed by atoms with van der Waals surface area (Å²) in [6, 6.07) is 2.82. The van der Waals surface area contributed by atoms with Gasteiger partial charge in [-0.3, -0.25) is 0 Å². The zero-order chi connectivity index (χ0) is 14.0. The van der Waals surface area contributed by atoms with E-state index in [2.05, 4.69) is 20.7 Å². The molecule has 2 N–H and O–H groups in total. The van der Waals surface area contributed by atoms with Crippen LogP contribution in [0.5, 0.6) is 0 Å². The van der Waals surface area contributed by atoms with Crippen LogP contribution in [0.2, 0.25) is 0 Å². The van der Waals surface area contributed by atoms with Crippen molar-refractivity contribution in [2.45, 2.75) is 24.5 Å². The molecular formula is C11H12BrNO4S2. The van der Waals surface area contributed by atoms with E-state index in [1.54, 1.807) is 6.92 Å². The van der Waals surface area contributed by atoms with Crippen LogP contribution in [0.15, 0.2) is 36.9 Å². The summed E-state index contributed by atoms with van der Waals surface area (Å²) in [5.74, 6) is 0.190. The predicted octanol–water partition coefficient (Wildman–Crippen LogP) is 2.64. The molecular weight excluding hydrogens is 354 g/mol. The van der Waals surface area contributed by atoms with Gasteiger partial charge >= 0.3 is 0 Å². The smallest absolute Gasteiger partial charge is 0.245 e. The first-order valence-corrected chi connectivity index (χ1v) is 8.59. The van der Waals surface area contributed by atoms with E-state index in [1.165, 1.54) is 17.4 Å². The third kappa shape index (κ3) is 3.26. The maximum Gasteiger partial charge on any atom is 0.245 e. The number of aliphatic hydroxyl groups is 1. The molecule has 2 aromatic rings. The summed E-state index contributed by atoms with van der Waals surface area (Å²) in [6.45, 7) is 1.41. The molecule has 0 amide bonds. The lowest BCUT2D eigenvalue weighted by atomic mass is 10.2. The molecule has 0 spiro atoms. The van der Waals surface area contributed by atoms with Crippen LogP contribution < -0.4 is 4.72 Å². The van der Waals surface area contributed by atoms with Crippen LogP contribution in [0.1, 0.15) is 24.3 Å². The highest BCUT2D eigenvalue weighted by Gasteiger charge is 2.24. The maximum atomic E-state index is 12.2. The molecule has 8 heteroatoms. The third-order valence-corrected chi connectivity index (χ3v) is 5.63. The van der Waals surface area contributed by atoms with E-state index in [9.17, 15) is 8.42 Å². The number of aliphatic hydroxyl groups excluding tert-OH is 1. The minimum absolute atomic E-state index is 0.0152. The van der Waals surface area contributed by atoms with E-state index in [1.807, 2.05) is 16.8 Å². The van der Waals surface area contributed by atoms with Crippen LogP contribution in [0.4, 0.5) is 0 Å². The lowest BCUT2D eigenvalue weighted by Gasteiger charge is -2.12. The zero-order valence-corrected chi connectivity index (χ0v) is 13.2. The molecule has 2 rings (SSSR count). The van der Waals surface area contributed by atoms with Gasteiger partial charge in [-0.1, -0.05) is 0 Å². The molecule has 104 valence electrons. The zero-order valence-electron chi connectivity index (χ0n) is 9.96. The third-order valence-electron chi connectivity index (χ3n) is 2.53. The van der Waals surface area contributed by atoms with Gasteiger partial charge in [-0.2, -0.15) is 11.3 Å². The predicted molar refractivity (Wildman–Crippen MR) is 75.4 cm³/mol. The number of hydrogen-bond acceptors (Lipinski definition) is 5. The topological polar surface area (TPSA) is 79.5 Å². The van der Waals surface area contributed by atoms with Crippen LogP contribution >= 0.6 is 27.3 Å².